The summed E-state index contributed by atoms with van der Waals surface area (Å²) in [6.45, 7) is 2.05. The number of rotatable bonds is 5. The SMILES string of the molecule is COc1cccc(CCC(O)C2CCCNC2)c1. The molecule has 0 aromatic heterocycles. The van der Waals surface area contributed by atoms with Crippen molar-refractivity contribution in [2.24, 2.45) is 5.92 Å². The molecule has 2 N–H and O–H groups in total. The summed E-state index contributed by atoms with van der Waals surface area (Å²) in [7, 11) is 1.68. The summed E-state index contributed by atoms with van der Waals surface area (Å²) in [6, 6.07) is 8.09. The number of aliphatic hydroxyl groups excluding tert-OH is 1. The van der Waals surface area contributed by atoms with Gasteiger partial charge in [-0.1, -0.05) is 12.1 Å². The number of nitrogens with one attached hydrogen (secondary N) is 1. The average Bonchev–Trinajstić information content (AvgIpc) is 2.46. The number of hydrogen-bond acceptors (Lipinski definition) is 3. The van der Waals surface area contributed by atoms with E-state index in [4.69, 9.17) is 4.74 Å². The Labute approximate surface area is 109 Å². The Morgan fingerprint density at radius 3 is 3.11 bits per heavy atom. The largest absolute Gasteiger partial charge is 0.497 e. The highest BCUT2D eigenvalue weighted by Crippen LogP contribution is 2.20. The zero-order valence-corrected chi connectivity index (χ0v) is 11.1. The van der Waals surface area contributed by atoms with Gasteiger partial charge in [0.2, 0.25) is 0 Å². The highest BCUT2D eigenvalue weighted by atomic mass is 16.5. The van der Waals surface area contributed by atoms with Crippen molar-refractivity contribution in [2.45, 2.75) is 31.8 Å². The molecule has 0 amide bonds. The number of ether oxygens (including phenoxy) is 1. The third-order valence-corrected chi connectivity index (χ3v) is 3.74. The minimum atomic E-state index is -0.191. The van der Waals surface area contributed by atoms with Gasteiger partial charge < -0.3 is 15.2 Å². The number of piperidine rings is 1. The first-order valence-corrected chi connectivity index (χ1v) is 6.81. The Morgan fingerprint density at radius 2 is 2.39 bits per heavy atom. The molecule has 2 unspecified atom stereocenters. The maximum absolute atomic E-state index is 10.2. The van der Waals surface area contributed by atoms with E-state index in [0.29, 0.717) is 5.92 Å². The monoisotopic (exact) mass is 249 g/mol. The van der Waals surface area contributed by atoms with Gasteiger partial charge in [0, 0.05) is 6.54 Å². The van der Waals surface area contributed by atoms with Crippen molar-refractivity contribution in [3.63, 3.8) is 0 Å². The zero-order chi connectivity index (χ0) is 12.8. The molecule has 0 saturated carbocycles. The standard InChI is InChI=1S/C15H23NO2/c1-18-14-6-2-4-12(10-14)7-8-15(17)13-5-3-9-16-11-13/h2,4,6,10,13,15-17H,3,5,7-9,11H2,1H3. The fourth-order valence-corrected chi connectivity index (χ4v) is 2.59. The van der Waals surface area contributed by atoms with Crippen molar-refractivity contribution < 1.29 is 9.84 Å². The Kier molecular flexibility index (Phi) is 5.02. The van der Waals surface area contributed by atoms with Crippen LogP contribution in [0.4, 0.5) is 0 Å². The lowest BCUT2D eigenvalue weighted by molar-refractivity contribution is 0.0844. The Balaban J connectivity index is 1.82. The molecule has 3 heteroatoms. The minimum Gasteiger partial charge on any atom is -0.497 e. The van der Waals surface area contributed by atoms with Crippen LogP contribution < -0.4 is 10.1 Å². The van der Waals surface area contributed by atoms with Gasteiger partial charge in [-0.25, -0.2) is 0 Å². The predicted molar refractivity (Wildman–Crippen MR) is 72.9 cm³/mol. The van der Waals surface area contributed by atoms with E-state index in [0.717, 1.165) is 38.1 Å². The van der Waals surface area contributed by atoms with Crippen molar-refractivity contribution in [1.29, 1.82) is 0 Å². The van der Waals surface area contributed by atoms with Gasteiger partial charge in [-0.3, -0.25) is 0 Å². The first-order valence-electron chi connectivity index (χ1n) is 6.81. The Hall–Kier alpha value is -1.06. The smallest absolute Gasteiger partial charge is 0.119 e. The summed E-state index contributed by atoms with van der Waals surface area (Å²) in [5.41, 5.74) is 1.23. The van der Waals surface area contributed by atoms with Gasteiger partial charge in [-0.2, -0.15) is 0 Å². The quantitative estimate of drug-likeness (QED) is 0.838. The summed E-state index contributed by atoms with van der Waals surface area (Å²) < 4.78 is 5.21. The van der Waals surface area contributed by atoms with Crippen LogP contribution >= 0.6 is 0 Å². The molecule has 1 aliphatic rings. The lowest BCUT2D eigenvalue weighted by Gasteiger charge is -2.27. The third kappa shape index (κ3) is 3.72. The summed E-state index contributed by atoms with van der Waals surface area (Å²) in [5.74, 6) is 1.31. The van der Waals surface area contributed by atoms with Crippen molar-refractivity contribution >= 4 is 0 Å². The molecule has 18 heavy (non-hydrogen) atoms. The maximum Gasteiger partial charge on any atom is 0.119 e. The lowest BCUT2D eigenvalue weighted by Crippen LogP contribution is -2.36. The van der Waals surface area contributed by atoms with Gasteiger partial charge in [0.1, 0.15) is 5.75 Å². The molecule has 1 saturated heterocycles. The van der Waals surface area contributed by atoms with Gasteiger partial charge in [0.05, 0.1) is 13.2 Å². The first-order chi connectivity index (χ1) is 8.79. The molecule has 100 valence electrons. The van der Waals surface area contributed by atoms with Gasteiger partial charge in [0.15, 0.2) is 0 Å². The van der Waals surface area contributed by atoms with Crippen LogP contribution in [0.5, 0.6) is 5.75 Å². The van der Waals surface area contributed by atoms with Crippen LogP contribution in [0.3, 0.4) is 0 Å². The molecule has 2 rings (SSSR count). The zero-order valence-electron chi connectivity index (χ0n) is 11.1. The van der Waals surface area contributed by atoms with E-state index in [2.05, 4.69) is 11.4 Å². The summed E-state index contributed by atoms with van der Waals surface area (Å²) in [5, 5.41) is 13.5. The molecular weight excluding hydrogens is 226 g/mol. The first kappa shape index (κ1) is 13.4. The summed E-state index contributed by atoms with van der Waals surface area (Å²) >= 11 is 0. The maximum atomic E-state index is 10.2. The van der Waals surface area contributed by atoms with Crippen LogP contribution in [-0.2, 0) is 6.42 Å². The average molecular weight is 249 g/mol. The molecular formula is C15H23NO2. The number of aliphatic hydroxyl groups is 1. The van der Waals surface area contributed by atoms with Crippen LogP contribution in [0.15, 0.2) is 24.3 Å². The summed E-state index contributed by atoms with van der Waals surface area (Å²) in [4.78, 5) is 0. The number of benzene rings is 1. The van der Waals surface area contributed by atoms with E-state index < -0.39 is 0 Å². The number of aryl methyl sites for hydroxylation is 1. The Bertz CT molecular complexity index is 361. The number of methoxy groups -OCH3 is 1. The van der Waals surface area contributed by atoms with Crippen molar-refractivity contribution in [1.82, 2.24) is 5.32 Å². The van der Waals surface area contributed by atoms with Crippen LogP contribution in [0.1, 0.15) is 24.8 Å². The fraction of sp³-hybridized carbons (Fsp3) is 0.600. The van der Waals surface area contributed by atoms with Crippen LogP contribution in [-0.4, -0.2) is 31.4 Å². The highest BCUT2D eigenvalue weighted by molar-refractivity contribution is 5.28. The van der Waals surface area contributed by atoms with E-state index in [1.165, 1.54) is 12.0 Å². The van der Waals surface area contributed by atoms with E-state index in [9.17, 15) is 5.11 Å². The summed E-state index contributed by atoms with van der Waals surface area (Å²) in [6.07, 6.45) is 3.88. The van der Waals surface area contributed by atoms with Crippen LogP contribution in [0.2, 0.25) is 0 Å². The molecule has 1 aromatic rings. The van der Waals surface area contributed by atoms with E-state index in [1.54, 1.807) is 7.11 Å². The highest BCUT2D eigenvalue weighted by Gasteiger charge is 2.21. The fourth-order valence-electron chi connectivity index (χ4n) is 2.59. The van der Waals surface area contributed by atoms with E-state index in [-0.39, 0.29) is 6.10 Å². The molecule has 1 heterocycles. The topological polar surface area (TPSA) is 41.5 Å². The normalized spacial score (nSPS) is 21.6. The van der Waals surface area contributed by atoms with Crippen molar-refractivity contribution in [3.05, 3.63) is 29.8 Å². The molecule has 0 spiro atoms. The molecule has 2 atom stereocenters. The van der Waals surface area contributed by atoms with Gasteiger partial charge in [-0.05, 0) is 55.8 Å². The van der Waals surface area contributed by atoms with Gasteiger partial charge in [-0.15, -0.1) is 0 Å². The second kappa shape index (κ2) is 6.76. The molecule has 3 nitrogen and oxygen atoms in total. The molecule has 0 aliphatic carbocycles. The Morgan fingerprint density at radius 1 is 1.50 bits per heavy atom. The molecule has 0 bridgehead atoms. The molecule has 1 fully saturated rings. The molecule has 1 aromatic carbocycles. The third-order valence-electron chi connectivity index (χ3n) is 3.74. The van der Waals surface area contributed by atoms with Crippen molar-refractivity contribution in [2.75, 3.05) is 20.2 Å². The lowest BCUT2D eigenvalue weighted by atomic mass is 9.90. The van der Waals surface area contributed by atoms with Gasteiger partial charge >= 0.3 is 0 Å². The van der Waals surface area contributed by atoms with Crippen LogP contribution in [0.25, 0.3) is 0 Å². The van der Waals surface area contributed by atoms with E-state index >= 15 is 0 Å². The second-order valence-corrected chi connectivity index (χ2v) is 5.06. The second-order valence-electron chi connectivity index (χ2n) is 5.06. The molecule has 0 radical (unpaired) electrons. The van der Waals surface area contributed by atoms with Crippen molar-refractivity contribution in [3.8, 4) is 5.75 Å². The number of hydrogen-bond donors (Lipinski definition) is 2. The van der Waals surface area contributed by atoms with Gasteiger partial charge in [0.25, 0.3) is 0 Å². The van der Waals surface area contributed by atoms with Crippen LogP contribution in [0, 0.1) is 5.92 Å². The minimum absolute atomic E-state index is 0.191. The molecule has 1 aliphatic heterocycles. The van der Waals surface area contributed by atoms with E-state index in [1.807, 2.05) is 18.2 Å². The predicted octanol–water partition coefficient (Wildman–Crippen LogP) is 1.99.